The van der Waals surface area contributed by atoms with Gasteiger partial charge in [0.1, 0.15) is 13.2 Å². The van der Waals surface area contributed by atoms with Crippen molar-refractivity contribution < 1.29 is 32.9 Å². The highest BCUT2D eigenvalue weighted by atomic mass is 31.2. The monoisotopic (exact) mass is 877 g/mol. The third-order valence-electron chi connectivity index (χ3n) is 11.0. The Morgan fingerprint density at radius 2 is 1.02 bits per heavy atom. The molecule has 9 heteroatoms. The van der Waals surface area contributed by atoms with Crippen molar-refractivity contribution in [3.05, 3.63) is 60.8 Å². The number of aliphatic hydroxyl groups is 1. The van der Waals surface area contributed by atoms with Gasteiger partial charge in [0.25, 0.3) is 7.82 Å². The van der Waals surface area contributed by atoms with Gasteiger partial charge in [0, 0.05) is 6.42 Å². The third kappa shape index (κ3) is 46.0. The van der Waals surface area contributed by atoms with E-state index in [9.17, 15) is 19.4 Å². The number of hydrogen-bond donors (Lipinski definition) is 2. The van der Waals surface area contributed by atoms with Crippen LogP contribution in [0.25, 0.3) is 0 Å². The molecule has 0 bridgehead atoms. The number of likely N-dealkylation sites (N-methyl/N-ethyl adjacent to an activating group) is 1. The molecule has 0 aliphatic carbocycles. The van der Waals surface area contributed by atoms with Gasteiger partial charge in [-0.2, -0.15) is 0 Å². The molecule has 3 atom stereocenters. The molecule has 8 nitrogen and oxygen atoms in total. The van der Waals surface area contributed by atoms with Crippen molar-refractivity contribution in [3.8, 4) is 0 Å². The zero-order valence-corrected chi connectivity index (χ0v) is 41.2. The van der Waals surface area contributed by atoms with Crippen LogP contribution in [0.1, 0.15) is 213 Å². The maximum absolute atomic E-state index is 12.8. The highest BCUT2D eigenvalue weighted by Crippen LogP contribution is 2.38. The summed E-state index contributed by atoms with van der Waals surface area (Å²) >= 11 is 0. The Kier molecular flexibility index (Phi) is 42.2. The van der Waals surface area contributed by atoms with Crippen molar-refractivity contribution >= 4 is 13.7 Å². The summed E-state index contributed by atoms with van der Waals surface area (Å²) in [5.41, 5.74) is 0. The van der Waals surface area contributed by atoms with Crippen LogP contribution in [0.5, 0.6) is 0 Å². The van der Waals surface area contributed by atoms with Crippen LogP contribution in [0, 0.1) is 0 Å². The highest BCUT2D eigenvalue weighted by Gasteiger charge is 2.23. The second-order valence-corrected chi connectivity index (χ2v) is 19.5. The fourth-order valence-corrected chi connectivity index (χ4v) is 7.73. The van der Waals surface area contributed by atoms with Gasteiger partial charge in [-0.25, -0.2) is 0 Å². The summed E-state index contributed by atoms with van der Waals surface area (Å²) in [5.74, 6) is -0.238. The number of carbonyl (C=O) groups excluding carboxylic acids is 1. The number of nitrogens with zero attached hydrogens (tertiary/aromatic N) is 1. The van der Waals surface area contributed by atoms with Gasteiger partial charge in [-0.3, -0.25) is 9.36 Å². The lowest BCUT2D eigenvalue weighted by Gasteiger charge is -2.29. The molecule has 3 unspecified atom stereocenters. The zero-order chi connectivity index (χ0) is 45.0. The van der Waals surface area contributed by atoms with Crippen molar-refractivity contribution in [3.63, 3.8) is 0 Å². The number of phosphoric ester groups is 1. The fourth-order valence-electron chi connectivity index (χ4n) is 7.01. The minimum atomic E-state index is -4.61. The molecule has 0 fully saturated rings. The third-order valence-corrected chi connectivity index (χ3v) is 11.9. The topological polar surface area (TPSA) is 108 Å². The number of rotatable bonds is 45. The molecule has 0 rings (SSSR count). The van der Waals surface area contributed by atoms with E-state index in [0.29, 0.717) is 23.9 Å². The lowest BCUT2D eigenvalue weighted by atomic mass is 10.0. The molecular formula is C52H97N2O6P. The van der Waals surface area contributed by atoms with Crippen LogP contribution in [0.3, 0.4) is 0 Å². The van der Waals surface area contributed by atoms with Crippen LogP contribution in [0.4, 0.5) is 0 Å². The smallest absolute Gasteiger partial charge is 0.268 e. The number of unbranched alkanes of at least 4 members (excludes halogenated alkanes) is 24. The Bertz CT molecular complexity index is 1180. The number of amides is 1. The van der Waals surface area contributed by atoms with E-state index >= 15 is 0 Å². The van der Waals surface area contributed by atoms with E-state index < -0.39 is 26.6 Å². The molecule has 0 heterocycles. The van der Waals surface area contributed by atoms with E-state index in [0.717, 1.165) is 57.8 Å². The molecule has 0 aliphatic heterocycles. The minimum Gasteiger partial charge on any atom is -0.756 e. The summed E-state index contributed by atoms with van der Waals surface area (Å²) in [7, 11) is 1.22. The molecule has 0 saturated heterocycles. The van der Waals surface area contributed by atoms with Crippen molar-refractivity contribution in [2.24, 2.45) is 0 Å². The van der Waals surface area contributed by atoms with E-state index in [1.165, 1.54) is 128 Å². The second-order valence-electron chi connectivity index (χ2n) is 18.1. The van der Waals surface area contributed by atoms with Gasteiger partial charge in [-0.05, 0) is 64.2 Å². The van der Waals surface area contributed by atoms with Crippen molar-refractivity contribution in [1.82, 2.24) is 5.32 Å². The average Bonchev–Trinajstić information content (AvgIpc) is 3.21. The van der Waals surface area contributed by atoms with E-state index in [1.54, 1.807) is 6.08 Å². The lowest BCUT2D eigenvalue weighted by Crippen LogP contribution is -2.45. The van der Waals surface area contributed by atoms with Gasteiger partial charge in [0.05, 0.1) is 39.9 Å². The predicted octanol–water partition coefficient (Wildman–Crippen LogP) is 14.0. The van der Waals surface area contributed by atoms with Crippen LogP contribution in [0.15, 0.2) is 60.8 Å². The highest BCUT2D eigenvalue weighted by molar-refractivity contribution is 7.45. The lowest BCUT2D eigenvalue weighted by molar-refractivity contribution is -0.870. The van der Waals surface area contributed by atoms with E-state index in [1.807, 2.05) is 27.2 Å². The van der Waals surface area contributed by atoms with Crippen LogP contribution < -0.4 is 10.2 Å². The molecule has 0 radical (unpaired) electrons. The maximum Gasteiger partial charge on any atom is 0.268 e. The molecule has 0 aliphatic rings. The Morgan fingerprint density at radius 1 is 0.590 bits per heavy atom. The molecule has 0 aromatic carbocycles. The quantitative estimate of drug-likeness (QED) is 0.0273. The van der Waals surface area contributed by atoms with Crippen LogP contribution in [-0.2, 0) is 18.4 Å². The second kappa shape index (κ2) is 43.5. The number of aliphatic hydroxyl groups excluding tert-OH is 1. The Morgan fingerprint density at radius 3 is 1.52 bits per heavy atom. The molecule has 0 aromatic heterocycles. The number of carbonyl (C=O) groups is 1. The summed E-state index contributed by atoms with van der Waals surface area (Å²) in [6.07, 6.45) is 57.3. The van der Waals surface area contributed by atoms with E-state index in [4.69, 9.17) is 9.05 Å². The first-order valence-corrected chi connectivity index (χ1v) is 26.6. The predicted molar refractivity (Wildman–Crippen MR) is 261 cm³/mol. The van der Waals surface area contributed by atoms with Crippen LogP contribution in [0.2, 0.25) is 0 Å². The Balaban J connectivity index is 4.30. The summed E-state index contributed by atoms with van der Waals surface area (Å²) < 4.78 is 23.2. The fraction of sp³-hybridized carbons (Fsp3) is 0.788. The van der Waals surface area contributed by atoms with Gasteiger partial charge in [0.15, 0.2) is 0 Å². The van der Waals surface area contributed by atoms with Crippen molar-refractivity contribution in [2.45, 2.75) is 225 Å². The molecule has 61 heavy (non-hydrogen) atoms. The first-order chi connectivity index (χ1) is 29.5. The largest absolute Gasteiger partial charge is 0.756 e. The van der Waals surface area contributed by atoms with Crippen LogP contribution >= 0.6 is 7.82 Å². The molecule has 0 spiro atoms. The summed E-state index contributed by atoms with van der Waals surface area (Å²) in [6.45, 7) is 4.49. The maximum atomic E-state index is 12.8. The Hall–Kier alpha value is -1.80. The summed E-state index contributed by atoms with van der Waals surface area (Å²) in [4.78, 5) is 25.3. The number of allylic oxidation sites excluding steroid dienone is 9. The first-order valence-electron chi connectivity index (χ1n) is 25.2. The molecule has 1 amide bonds. The standard InChI is InChI=1S/C52H97N2O6P/c1-6-8-10-12-14-16-18-20-21-22-23-24-25-26-27-28-29-30-31-32-34-35-37-39-41-43-45-51(55)50(49-60-61(57,58)59-48-47-54(3,4)5)53-52(56)46-44-42-40-38-36-33-19-17-15-13-11-9-7-2/h9,11,15,17,33,35-37,43,45,50-51,55H,6-8,10,12-14,16,18-32,34,38-42,44,46-49H2,1-5H3,(H-,53,56,57,58)/b11-9-,17-15-,36-33-,37-35+,45-43+. The van der Waals surface area contributed by atoms with E-state index in [2.05, 4.69) is 67.8 Å². The van der Waals surface area contributed by atoms with E-state index in [-0.39, 0.29) is 12.5 Å². The summed E-state index contributed by atoms with van der Waals surface area (Å²) in [5, 5.41) is 13.8. The van der Waals surface area contributed by atoms with Gasteiger partial charge >= 0.3 is 0 Å². The number of quaternary nitrogens is 1. The van der Waals surface area contributed by atoms with Gasteiger partial charge in [-0.1, -0.05) is 203 Å². The zero-order valence-electron chi connectivity index (χ0n) is 40.4. The average molecular weight is 877 g/mol. The van der Waals surface area contributed by atoms with Gasteiger partial charge in [-0.15, -0.1) is 0 Å². The molecule has 2 N–H and O–H groups in total. The van der Waals surface area contributed by atoms with Crippen molar-refractivity contribution in [1.29, 1.82) is 0 Å². The van der Waals surface area contributed by atoms with Crippen LogP contribution in [-0.4, -0.2) is 68.5 Å². The Labute approximate surface area is 377 Å². The number of hydrogen-bond acceptors (Lipinski definition) is 6. The minimum absolute atomic E-state index is 0.0145. The van der Waals surface area contributed by atoms with Gasteiger partial charge in [0.2, 0.25) is 5.91 Å². The summed E-state index contributed by atoms with van der Waals surface area (Å²) in [6, 6.07) is -0.920. The SMILES string of the molecule is CC/C=C\C/C=C\C/C=C\CCCCCC(=O)NC(COP(=O)([O-])OCC[N+](C)(C)C)C(O)/C=C/CC/C=C/CCCCCCCCCCCCCCCCCCCCCC. The molecular weight excluding hydrogens is 780 g/mol. The van der Waals surface area contributed by atoms with Gasteiger partial charge < -0.3 is 28.8 Å². The first kappa shape index (κ1) is 59.2. The molecule has 0 aromatic rings. The number of nitrogens with one attached hydrogen (secondary N) is 1. The number of phosphoric acid groups is 1. The van der Waals surface area contributed by atoms with Crippen molar-refractivity contribution in [2.75, 3.05) is 40.9 Å². The molecule has 356 valence electrons. The molecule has 0 saturated carbocycles. The normalized spacial score (nSPS) is 14.7.